The van der Waals surface area contributed by atoms with E-state index in [9.17, 15) is 0 Å². The van der Waals surface area contributed by atoms with Gasteiger partial charge in [0.25, 0.3) is 0 Å². The molecule has 0 bridgehead atoms. The number of halogens is 1. The normalized spacial score (nSPS) is 13.2. The molecule has 0 saturated carbocycles. The van der Waals surface area contributed by atoms with Crippen molar-refractivity contribution < 1.29 is 4.74 Å². The van der Waals surface area contributed by atoms with Crippen LogP contribution < -0.4 is 4.74 Å². The van der Waals surface area contributed by atoms with E-state index in [1.807, 2.05) is 11.4 Å². The van der Waals surface area contributed by atoms with Crippen molar-refractivity contribution in [2.24, 2.45) is 0 Å². The van der Waals surface area contributed by atoms with E-state index in [4.69, 9.17) is 16.3 Å². The third-order valence-electron chi connectivity index (χ3n) is 3.95. The van der Waals surface area contributed by atoms with Gasteiger partial charge in [-0.15, -0.1) is 22.9 Å². The highest BCUT2D eigenvalue weighted by atomic mass is 35.5. The number of thiophene rings is 1. The van der Waals surface area contributed by atoms with Crippen molar-refractivity contribution in [2.45, 2.75) is 38.0 Å². The lowest BCUT2D eigenvalue weighted by Gasteiger charge is -2.23. The Hall–Kier alpha value is -0.990. The Morgan fingerprint density at radius 1 is 1.25 bits per heavy atom. The van der Waals surface area contributed by atoms with Crippen molar-refractivity contribution in [3.8, 4) is 5.75 Å². The molecule has 0 radical (unpaired) electrons. The van der Waals surface area contributed by atoms with E-state index in [2.05, 4.69) is 45.0 Å². The van der Waals surface area contributed by atoms with Crippen LogP contribution in [-0.2, 0) is 5.41 Å². The topological polar surface area (TPSA) is 9.23 Å². The minimum atomic E-state index is -0.109. The predicted octanol–water partition coefficient (Wildman–Crippen LogP) is 5.77. The van der Waals surface area contributed by atoms with Crippen molar-refractivity contribution in [1.29, 1.82) is 0 Å². The molecule has 3 heteroatoms. The number of hydrogen-bond donors (Lipinski definition) is 0. The fourth-order valence-electron chi connectivity index (χ4n) is 2.05. The average molecular weight is 309 g/mol. The third-order valence-corrected chi connectivity index (χ3v) is 5.54. The molecule has 1 aromatic carbocycles. The van der Waals surface area contributed by atoms with E-state index in [0.717, 1.165) is 22.6 Å². The molecular formula is C17H21ClOS. The number of benzene rings is 1. The summed E-state index contributed by atoms with van der Waals surface area (Å²) in [6.07, 6.45) is 1.12. The molecule has 2 aromatic rings. The maximum Gasteiger partial charge on any atom is 0.129 e. The van der Waals surface area contributed by atoms with Crippen LogP contribution in [0.25, 0.3) is 0 Å². The van der Waals surface area contributed by atoms with Gasteiger partial charge in [-0.3, -0.25) is 0 Å². The van der Waals surface area contributed by atoms with Crippen LogP contribution in [0.15, 0.2) is 35.7 Å². The van der Waals surface area contributed by atoms with Gasteiger partial charge in [-0.2, -0.15) is 0 Å². The van der Waals surface area contributed by atoms with Gasteiger partial charge < -0.3 is 4.74 Å². The first kappa shape index (κ1) is 15.4. The van der Waals surface area contributed by atoms with E-state index in [-0.39, 0.29) is 10.8 Å². The first-order valence-corrected chi connectivity index (χ1v) is 8.16. The van der Waals surface area contributed by atoms with Crippen LogP contribution in [0.2, 0.25) is 0 Å². The Labute approximate surface area is 130 Å². The van der Waals surface area contributed by atoms with Crippen molar-refractivity contribution in [2.75, 3.05) is 7.11 Å². The lowest BCUT2D eigenvalue weighted by molar-refractivity contribution is 0.416. The SMILES string of the molecule is CCC(C)(C)c1ccc(C(Cl)c2cc(OC)cs2)cc1. The molecule has 1 aromatic heterocycles. The average Bonchev–Trinajstić information content (AvgIpc) is 2.95. The smallest absolute Gasteiger partial charge is 0.129 e. The van der Waals surface area contributed by atoms with Crippen LogP contribution >= 0.6 is 22.9 Å². The minimum absolute atomic E-state index is 0.109. The number of hydrogen-bond acceptors (Lipinski definition) is 2. The van der Waals surface area contributed by atoms with Gasteiger partial charge in [0, 0.05) is 10.3 Å². The fraction of sp³-hybridized carbons (Fsp3) is 0.412. The summed E-state index contributed by atoms with van der Waals surface area (Å²) in [6.45, 7) is 6.75. The third kappa shape index (κ3) is 3.18. The lowest BCUT2D eigenvalue weighted by atomic mass is 9.82. The van der Waals surface area contributed by atoms with Crippen LogP contribution in [0.1, 0.15) is 48.6 Å². The summed E-state index contributed by atoms with van der Waals surface area (Å²) in [4.78, 5) is 1.12. The van der Waals surface area contributed by atoms with Gasteiger partial charge in [0.2, 0.25) is 0 Å². The maximum atomic E-state index is 6.56. The largest absolute Gasteiger partial charge is 0.496 e. The monoisotopic (exact) mass is 308 g/mol. The van der Waals surface area contributed by atoms with E-state index < -0.39 is 0 Å². The van der Waals surface area contributed by atoms with Crippen LogP contribution in [0, 0.1) is 0 Å². The molecule has 20 heavy (non-hydrogen) atoms. The van der Waals surface area contributed by atoms with Crippen LogP contribution in [-0.4, -0.2) is 7.11 Å². The second kappa shape index (κ2) is 6.19. The number of rotatable bonds is 5. The van der Waals surface area contributed by atoms with E-state index >= 15 is 0 Å². The number of methoxy groups -OCH3 is 1. The summed E-state index contributed by atoms with van der Waals surface area (Å²) in [5.41, 5.74) is 2.70. The van der Waals surface area contributed by atoms with Gasteiger partial charge in [0.1, 0.15) is 5.75 Å². The highest BCUT2D eigenvalue weighted by Gasteiger charge is 2.19. The van der Waals surface area contributed by atoms with Crippen LogP contribution in [0.4, 0.5) is 0 Å². The Morgan fingerprint density at radius 3 is 2.40 bits per heavy atom. The Morgan fingerprint density at radius 2 is 1.90 bits per heavy atom. The van der Waals surface area contributed by atoms with E-state index in [1.54, 1.807) is 18.4 Å². The lowest BCUT2D eigenvalue weighted by Crippen LogP contribution is -2.15. The van der Waals surface area contributed by atoms with E-state index in [1.165, 1.54) is 5.56 Å². The first-order valence-electron chi connectivity index (χ1n) is 6.85. The summed E-state index contributed by atoms with van der Waals surface area (Å²) in [5.74, 6) is 0.874. The summed E-state index contributed by atoms with van der Waals surface area (Å²) in [6, 6.07) is 10.7. The molecule has 0 N–H and O–H groups in total. The predicted molar refractivity (Wildman–Crippen MR) is 88.3 cm³/mol. The van der Waals surface area contributed by atoms with Crippen molar-refractivity contribution in [3.05, 3.63) is 51.7 Å². The molecule has 1 heterocycles. The summed E-state index contributed by atoms with van der Waals surface area (Å²) in [7, 11) is 1.68. The van der Waals surface area contributed by atoms with Gasteiger partial charge in [-0.05, 0) is 29.0 Å². The molecular weight excluding hydrogens is 288 g/mol. The molecule has 108 valence electrons. The second-order valence-corrected chi connectivity index (χ2v) is 6.99. The second-order valence-electron chi connectivity index (χ2n) is 5.61. The zero-order valence-electron chi connectivity index (χ0n) is 12.4. The number of ether oxygens (including phenoxy) is 1. The summed E-state index contributed by atoms with van der Waals surface area (Å²) < 4.78 is 5.21. The molecule has 0 aliphatic carbocycles. The van der Waals surface area contributed by atoms with E-state index in [0.29, 0.717) is 0 Å². The van der Waals surface area contributed by atoms with Crippen LogP contribution in [0.5, 0.6) is 5.75 Å². The first-order chi connectivity index (χ1) is 9.47. The van der Waals surface area contributed by atoms with Gasteiger partial charge in [-0.1, -0.05) is 45.0 Å². The maximum absolute atomic E-state index is 6.56. The highest BCUT2D eigenvalue weighted by molar-refractivity contribution is 7.10. The van der Waals surface area contributed by atoms with Crippen molar-refractivity contribution in [3.63, 3.8) is 0 Å². The van der Waals surface area contributed by atoms with Gasteiger partial charge >= 0.3 is 0 Å². The molecule has 0 aliphatic heterocycles. The van der Waals surface area contributed by atoms with Crippen LogP contribution in [0.3, 0.4) is 0 Å². The Balaban J connectivity index is 2.21. The molecule has 0 amide bonds. The molecule has 0 spiro atoms. The molecule has 1 atom stereocenters. The van der Waals surface area contributed by atoms with Crippen molar-refractivity contribution >= 4 is 22.9 Å². The molecule has 1 unspecified atom stereocenters. The van der Waals surface area contributed by atoms with Gasteiger partial charge in [-0.25, -0.2) is 0 Å². The van der Waals surface area contributed by atoms with Gasteiger partial charge in [0.15, 0.2) is 0 Å². The summed E-state index contributed by atoms with van der Waals surface area (Å²) >= 11 is 8.19. The molecule has 0 saturated heterocycles. The fourth-order valence-corrected chi connectivity index (χ4v) is 3.27. The standard InChI is InChI=1S/C17H21ClOS/c1-5-17(2,3)13-8-6-12(7-9-13)16(18)15-10-14(19-4)11-20-15/h6-11,16H,5H2,1-4H3. The zero-order valence-corrected chi connectivity index (χ0v) is 14.0. The molecule has 1 nitrogen and oxygen atoms in total. The summed E-state index contributed by atoms with van der Waals surface area (Å²) in [5, 5.41) is 1.88. The molecule has 2 rings (SSSR count). The molecule has 0 aliphatic rings. The quantitative estimate of drug-likeness (QED) is 0.637. The zero-order chi connectivity index (χ0) is 14.8. The Kier molecular flexibility index (Phi) is 4.77. The highest BCUT2D eigenvalue weighted by Crippen LogP contribution is 2.36. The Bertz CT molecular complexity index is 557. The van der Waals surface area contributed by atoms with Gasteiger partial charge in [0.05, 0.1) is 12.5 Å². The minimum Gasteiger partial charge on any atom is -0.496 e. The molecule has 0 fully saturated rings. The number of alkyl halides is 1. The van der Waals surface area contributed by atoms with Crippen molar-refractivity contribution in [1.82, 2.24) is 0 Å².